The molecule has 0 aromatic carbocycles. The number of carbonyl (C=O) groups is 2. The SMILES string of the molecule is O=C(NCC(=O)N1CCN(c2cccnn2)CC1)NC1CCCCC1. The summed E-state index contributed by atoms with van der Waals surface area (Å²) < 4.78 is 0. The smallest absolute Gasteiger partial charge is 0.315 e. The van der Waals surface area contributed by atoms with Crippen molar-refractivity contribution in [3.8, 4) is 0 Å². The Kier molecular flexibility index (Phi) is 6.03. The Morgan fingerprint density at radius 3 is 2.56 bits per heavy atom. The summed E-state index contributed by atoms with van der Waals surface area (Å²) in [5.74, 6) is 0.789. The lowest BCUT2D eigenvalue weighted by Gasteiger charge is -2.35. The van der Waals surface area contributed by atoms with Gasteiger partial charge in [0.15, 0.2) is 5.82 Å². The molecule has 0 bridgehead atoms. The van der Waals surface area contributed by atoms with Crippen LogP contribution in [0.4, 0.5) is 10.6 Å². The van der Waals surface area contributed by atoms with Crippen molar-refractivity contribution in [2.45, 2.75) is 38.1 Å². The van der Waals surface area contributed by atoms with Gasteiger partial charge in [-0.2, -0.15) is 5.10 Å². The highest BCUT2D eigenvalue weighted by molar-refractivity contribution is 5.84. The predicted octanol–water partition coefficient (Wildman–Crippen LogP) is 0.757. The standard InChI is InChI=1S/C17H26N6O2/c24-16(13-18-17(25)20-14-5-2-1-3-6-14)23-11-9-22(10-12-23)15-7-4-8-19-21-15/h4,7-8,14H,1-3,5-6,9-13H2,(H2,18,20,25). The van der Waals surface area contributed by atoms with Gasteiger partial charge in [0.2, 0.25) is 5.91 Å². The van der Waals surface area contributed by atoms with Crippen molar-refractivity contribution >= 4 is 17.8 Å². The molecule has 136 valence electrons. The number of anilines is 1. The van der Waals surface area contributed by atoms with E-state index in [2.05, 4.69) is 25.7 Å². The first-order valence-corrected chi connectivity index (χ1v) is 9.07. The summed E-state index contributed by atoms with van der Waals surface area (Å²) in [5, 5.41) is 13.6. The van der Waals surface area contributed by atoms with Crippen LogP contribution in [0.1, 0.15) is 32.1 Å². The topological polar surface area (TPSA) is 90.5 Å². The van der Waals surface area contributed by atoms with Crippen LogP contribution in [-0.2, 0) is 4.79 Å². The maximum absolute atomic E-state index is 12.3. The Bertz CT molecular complexity index is 568. The van der Waals surface area contributed by atoms with Gasteiger partial charge in [-0.1, -0.05) is 19.3 Å². The van der Waals surface area contributed by atoms with Crippen LogP contribution in [0.15, 0.2) is 18.3 Å². The van der Waals surface area contributed by atoms with Crippen LogP contribution in [-0.4, -0.2) is 65.8 Å². The van der Waals surface area contributed by atoms with Crippen LogP contribution in [0.5, 0.6) is 0 Å². The van der Waals surface area contributed by atoms with Crippen molar-refractivity contribution in [1.29, 1.82) is 0 Å². The van der Waals surface area contributed by atoms with E-state index in [-0.39, 0.29) is 24.5 Å². The molecule has 2 fully saturated rings. The van der Waals surface area contributed by atoms with E-state index in [1.165, 1.54) is 19.3 Å². The Balaban J connectivity index is 1.37. The molecule has 0 spiro atoms. The summed E-state index contributed by atoms with van der Waals surface area (Å²) in [4.78, 5) is 28.1. The van der Waals surface area contributed by atoms with Gasteiger partial charge in [0.1, 0.15) is 0 Å². The lowest BCUT2D eigenvalue weighted by molar-refractivity contribution is -0.130. The Morgan fingerprint density at radius 1 is 1.12 bits per heavy atom. The quantitative estimate of drug-likeness (QED) is 0.840. The zero-order valence-corrected chi connectivity index (χ0v) is 14.5. The number of nitrogens with one attached hydrogen (secondary N) is 2. The zero-order valence-electron chi connectivity index (χ0n) is 14.5. The molecule has 1 saturated carbocycles. The molecule has 25 heavy (non-hydrogen) atoms. The molecule has 3 amide bonds. The number of amides is 3. The molecule has 1 aliphatic carbocycles. The molecule has 2 aliphatic rings. The largest absolute Gasteiger partial charge is 0.352 e. The number of aromatic nitrogens is 2. The minimum absolute atomic E-state index is 0.0439. The maximum atomic E-state index is 12.3. The monoisotopic (exact) mass is 346 g/mol. The molecular weight excluding hydrogens is 320 g/mol. The summed E-state index contributed by atoms with van der Waals surface area (Å²) in [5.41, 5.74) is 0. The number of piperazine rings is 1. The van der Waals surface area contributed by atoms with Crippen LogP contribution in [0, 0.1) is 0 Å². The minimum atomic E-state index is -0.238. The van der Waals surface area contributed by atoms with Crippen LogP contribution < -0.4 is 15.5 Å². The van der Waals surface area contributed by atoms with Gasteiger partial charge in [0, 0.05) is 38.4 Å². The number of hydrogen-bond acceptors (Lipinski definition) is 5. The lowest BCUT2D eigenvalue weighted by Crippen LogP contribution is -2.52. The number of nitrogens with zero attached hydrogens (tertiary/aromatic N) is 4. The van der Waals surface area contributed by atoms with Gasteiger partial charge in [0.25, 0.3) is 0 Å². The molecule has 1 aromatic heterocycles. The molecule has 1 aliphatic heterocycles. The van der Waals surface area contributed by atoms with Gasteiger partial charge in [0.05, 0.1) is 6.54 Å². The molecule has 2 N–H and O–H groups in total. The Labute approximate surface area is 148 Å². The second-order valence-electron chi connectivity index (χ2n) is 6.61. The van der Waals surface area contributed by atoms with Gasteiger partial charge in [-0.25, -0.2) is 4.79 Å². The van der Waals surface area contributed by atoms with Crippen LogP contribution in [0.3, 0.4) is 0 Å². The van der Waals surface area contributed by atoms with Gasteiger partial charge < -0.3 is 20.4 Å². The second kappa shape index (κ2) is 8.64. The van der Waals surface area contributed by atoms with E-state index in [1.807, 2.05) is 12.1 Å². The molecule has 1 aromatic rings. The highest BCUT2D eigenvalue weighted by Gasteiger charge is 2.22. The van der Waals surface area contributed by atoms with Crippen LogP contribution >= 0.6 is 0 Å². The fourth-order valence-corrected chi connectivity index (χ4v) is 3.40. The Hall–Kier alpha value is -2.38. The lowest BCUT2D eigenvalue weighted by atomic mass is 9.96. The van der Waals surface area contributed by atoms with E-state index >= 15 is 0 Å². The number of carbonyl (C=O) groups excluding carboxylic acids is 2. The van der Waals surface area contributed by atoms with E-state index in [0.29, 0.717) is 13.1 Å². The molecule has 8 heteroatoms. The summed E-state index contributed by atoms with van der Waals surface area (Å²) in [7, 11) is 0. The van der Waals surface area contributed by atoms with Gasteiger partial charge in [-0.3, -0.25) is 4.79 Å². The van der Waals surface area contributed by atoms with Crippen molar-refractivity contribution in [2.24, 2.45) is 0 Å². The van der Waals surface area contributed by atoms with Crippen molar-refractivity contribution < 1.29 is 9.59 Å². The van der Waals surface area contributed by atoms with Gasteiger partial charge in [-0.05, 0) is 25.0 Å². The van der Waals surface area contributed by atoms with E-state index in [4.69, 9.17) is 0 Å². The molecular formula is C17H26N6O2. The normalized spacial score (nSPS) is 18.7. The molecule has 0 atom stereocenters. The van der Waals surface area contributed by atoms with Crippen molar-refractivity contribution in [2.75, 3.05) is 37.6 Å². The summed E-state index contributed by atoms with van der Waals surface area (Å²) in [6.45, 7) is 2.74. The van der Waals surface area contributed by atoms with Crippen molar-refractivity contribution in [3.63, 3.8) is 0 Å². The molecule has 1 saturated heterocycles. The molecule has 3 rings (SSSR count). The van der Waals surface area contributed by atoms with Crippen molar-refractivity contribution in [3.05, 3.63) is 18.3 Å². The first kappa shape index (κ1) is 17.4. The predicted molar refractivity (Wildman–Crippen MR) is 94.2 cm³/mol. The molecule has 0 radical (unpaired) electrons. The average Bonchev–Trinajstić information content (AvgIpc) is 2.68. The maximum Gasteiger partial charge on any atom is 0.315 e. The summed E-state index contributed by atoms with van der Waals surface area (Å²) in [6, 6.07) is 3.79. The fourth-order valence-electron chi connectivity index (χ4n) is 3.40. The number of rotatable bonds is 4. The third kappa shape index (κ3) is 5.04. The zero-order chi connectivity index (χ0) is 17.5. The highest BCUT2D eigenvalue weighted by Crippen LogP contribution is 2.17. The van der Waals surface area contributed by atoms with Gasteiger partial charge >= 0.3 is 6.03 Å². The summed E-state index contributed by atoms with van der Waals surface area (Å²) in [6.07, 6.45) is 7.30. The highest BCUT2D eigenvalue weighted by atomic mass is 16.2. The van der Waals surface area contributed by atoms with E-state index in [0.717, 1.165) is 31.7 Å². The average molecular weight is 346 g/mol. The third-order valence-corrected chi connectivity index (χ3v) is 4.86. The minimum Gasteiger partial charge on any atom is -0.352 e. The van der Waals surface area contributed by atoms with Crippen LogP contribution in [0.25, 0.3) is 0 Å². The second-order valence-corrected chi connectivity index (χ2v) is 6.61. The number of hydrogen-bond donors (Lipinski definition) is 2. The van der Waals surface area contributed by atoms with Gasteiger partial charge in [-0.15, -0.1) is 5.10 Å². The van der Waals surface area contributed by atoms with E-state index < -0.39 is 0 Å². The van der Waals surface area contributed by atoms with E-state index in [9.17, 15) is 9.59 Å². The van der Waals surface area contributed by atoms with Crippen molar-refractivity contribution in [1.82, 2.24) is 25.7 Å². The third-order valence-electron chi connectivity index (χ3n) is 4.86. The summed E-state index contributed by atoms with van der Waals surface area (Å²) >= 11 is 0. The van der Waals surface area contributed by atoms with E-state index in [1.54, 1.807) is 11.1 Å². The Morgan fingerprint density at radius 2 is 1.88 bits per heavy atom. The number of urea groups is 1. The fraction of sp³-hybridized carbons (Fsp3) is 0.647. The molecule has 2 heterocycles. The molecule has 8 nitrogen and oxygen atoms in total. The molecule has 0 unspecified atom stereocenters. The van der Waals surface area contributed by atoms with Crippen LogP contribution in [0.2, 0.25) is 0 Å². The first-order valence-electron chi connectivity index (χ1n) is 9.07. The first-order chi connectivity index (χ1) is 12.2.